The van der Waals surface area contributed by atoms with Crippen molar-refractivity contribution in [3.63, 3.8) is 0 Å². The van der Waals surface area contributed by atoms with E-state index in [9.17, 15) is 9.90 Å². The molecule has 0 aliphatic carbocycles. The van der Waals surface area contributed by atoms with Crippen LogP contribution in [0.15, 0.2) is 40.8 Å². The smallest absolute Gasteiger partial charge is 0.245 e. The second-order valence-electron chi connectivity index (χ2n) is 3.95. The maximum atomic E-state index is 11.6. The zero-order chi connectivity index (χ0) is 14.4. The molecule has 0 saturated heterocycles. The number of carbonyl (C=O) groups is 1. The number of rotatable bonds is 5. The number of nitrogens with one attached hydrogen (secondary N) is 1. The summed E-state index contributed by atoms with van der Waals surface area (Å²) < 4.78 is 4.99. The lowest BCUT2D eigenvalue weighted by molar-refractivity contribution is -0.120. The largest absolute Gasteiger partial charge is 0.504 e. The monoisotopic (exact) mass is 290 g/mol. The lowest BCUT2D eigenvalue weighted by atomic mass is 10.2. The molecule has 0 atom stereocenters. The van der Waals surface area contributed by atoms with Gasteiger partial charge in [-0.1, -0.05) is 12.1 Å². The number of hydrogen-bond donors (Lipinski definition) is 2. The minimum Gasteiger partial charge on any atom is -0.504 e. The molecular weight excluding hydrogens is 276 g/mol. The van der Waals surface area contributed by atoms with Gasteiger partial charge in [0.2, 0.25) is 5.91 Å². The van der Waals surface area contributed by atoms with Crippen molar-refractivity contribution in [2.24, 2.45) is 5.10 Å². The van der Waals surface area contributed by atoms with Crippen LogP contribution in [-0.2, 0) is 11.2 Å². The molecule has 0 bridgehead atoms. The van der Waals surface area contributed by atoms with E-state index in [0.29, 0.717) is 17.7 Å². The average Bonchev–Trinajstić information content (AvgIpc) is 2.93. The van der Waals surface area contributed by atoms with Gasteiger partial charge < -0.3 is 9.84 Å². The number of methoxy groups -OCH3 is 1. The van der Waals surface area contributed by atoms with Crippen molar-refractivity contribution in [2.75, 3.05) is 7.11 Å². The molecule has 2 N–H and O–H groups in total. The molecule has 0 aliphatic rings. The minimum atomic E-state index is -0.203. The second-order valence-corrected chi connectivity index (χ2v) is 4.98. The normalized spacial score (nSPS) is 10.7. The highest BCUT2D eigenvalue weighted by molar-refractivity contribution is 7.10. The number of hydrogen-bond acceptors (Lipinski definition) is 5. The number of benzene rings is 1. The van der Waals surface area contributed by atoms with Gasteiger partial charge in [-0.3, -0.25) is 4.79 Å². The molecule has 0 unspecified atom stereocenters. The van der Waals surface area contributed by atoms with Crippen molar-refractivity contribution >= 4 is 23.5 Å². The van der Waals surface area contributed by atoms with Gasteiger partial charge in [0.15, 0.2) is 11.5 Å². The fraction of sp³-hybridized carbons (Fsp3) is 0.143. The van der Waals surface area contributed by atoms with E-state index in [2.05, 4.69) is 10.5 Å². The molecular formula is C14H14N2O3S. The van der Waals surface area contributed by atoms with E-state index in [1.54, 1.807) is 18.2 Å². The molecule has 0 fully saturated rings. The standard InChI is InChI=1S/C14H14N2O3S/c1-19-12-6-2-4-10(14(12)18)9-15-16-13(17)8-11-5-3-7-20-11/h2-7,9,18H,8H2,1H3,(H,16,17). The Hall–Kier alpha value is -2.34. The van der Waals surface area contributed by atoms with Gasteiger partial charge in [-0.2, -0.15) is 5.10 Å². The van der Waals surface area contributed by atoms with Crippen LogP contribution in [0, 0.1) is 0 Å². The van der Waals surface area contributed by atoms with Crippen molar-refractivity contribution in [1.29, 1.82) is 0 Å². The van der Waals surface area contributed by atoms with Crippen LogP contribution in [0.25, 0.3) is 0 Å². The molecule has 2 aromatic rings. The number of carbonyl (C=O) groups excluding carboxylic acids is 1. The van der Waals surface area contributed by atoms with Crippen LogP contribution in [0.1, 0.15) is 10.4 Å². The molecule has 1 aromatic carbocycles. The number of amides is 1. The van der Waals surface area contributed by atoms with Crippen LogP contribution < -0.4 is 10.2 Å². The van der Waals surface area contributed by atoms with E-state index >= 15 is 0 Å². The number of hydrazone groups is 1. The van der Waals surface area contributed by atoms with Crippen LogP contribution >= 0.6 is 11.3 Å². The zero-order valence-electron chi connectivity index (χ0n) is 10.9. The lowest BCUT2D eigenvalue weighted by Crippen LogP contribution is -2.19. The SMILES string of the molecule is COc1cccc(C=NNC(=O)Cc2cccs2)c1O. The van der Waals surface area contributed by atoms with Crippen LogP contribution in [0.4, 0.5) is 0 Å². The van der Waals surface area contributed by atoms with Crippen LogP contribution in [-0.4, -0.2) is 24.3 Å². The summed E-state index contributed by atoms with van der Waals surface area (Å²) in [5.74, 6) is 0.149. The number of ether oxygens (including phenoxy) is 1. The highest BCUT2D eigenvalue weighted by Crippen LogP contribution is 2.27. The van der Waals surface area contributed by atoms with Gasteiger partial charge in [-0.15, -0.1) is 11.3 Å². The summed E-state index contributed by atoms with van der Waals surface area (Å²) in [6.45, 7) is 0. The molecule has 0 aliphatic heterocycles. The summed E-state index contributed by atoms with van der Waals surface area (Å²) in [4.78, 5) is 12.6. The summed E-state index contributed by atoms with van der Waals surface area (Å²) in [6.07, 6.45) is 1.67. The first-order valence-corrected chi connectivity index (χ1v) is 6.79. The van der Waals surface area contributed by atoms with Gasteiger partial charge in [0.1, 0.15) is 0 Å². The number of phenols is 1. The molecule has 5 nitrogen and oxygen atoms in total. The third-order valence-electron chi connectivity index (χ3n) is 2.56. The Kier molecular flexibility index (Phi) is 4.73. The minimum absolute atomic E-state index is 0.00810. The molecule has 0 spiro atoms. The fourth-order valence-corrected chi connectivity index (χ4v) is 2.30. The first kappa shape index (κ1) is 14.1. The van der Waals surface area contributed by atoms with Gasteiger partial charge in [0, 0.05) is 10.4 Å². The highest BCUT2D eigenvalue weighted by atomic mass is 32.1. The van der Waals surface area contributed by atoms with Gasteiger partial charge in [0.05, 0.1) is 19.7 Å². The van der Waals surface area contributed by atoms with Crippen molar-refractivity contribution < 1.29 is 14.6 Å². The third kappa shape index (κ3) is 3.58. The van der Waals surface area contributed by atoms with E-state index < -0.39 is 0 Å². The lowest BCUT2D eigenvalue weighted by Gasteiger charge is -2.04. The maximum absolute atomic E-state index is 11.6. The van der Waals surface area contributed by atoms with Gasteiger partial charge in [-0.25, -0.2) is 5.43 Å². The Morgan fingerprint density at radius 2 is 2.30 bits per heavy atom. The van der Waals surface area contributed by atoms with Crippen molar-refractivity contribution in [3.05, 3.63) is 46.2 Å². The molecule has 2 rings (SSSR count). The summed E-state index contributed by atoms with van der Waals surface area (Å²) >= 11 is 1.52. The van der Waals surface area contributed by atoms with Gasteiger partial charge >= 0.3 is 0 Å². The average molecular weight is 290 g/mol. The third-order valence-corrected chi connectivity index (χ3v) is 3.43. The second kappa shape index (κ2) is 6.72. The molecule has 1 amide bonds. The molecule has 104 valence electrons. The summed E-state index contributed by atoms with van der Waals surface area (Å²) in [5.41, 5.74) is 2.89. The van der Waals surface area contributed by atoms with E-state index in [0.717, 1.165) is 4.88 Å². The molecule has 0 radical (unpaired) electrons. The Labute approximate surface area is 120 Å². The van der Waals surface area contributed by atoms with E-state index in [1.807, 2.05) is 17.5 Å². The van der Waals surface area contributed by atoms with Gasteiger partial charge in [-0.05, 0) is 23.6 Å². The number of nitrogens with zero attached hydrogens (tertiary/aromatic N) is 1. The van der Waals surface area contributed by atoms with Crippen molar-refractivity contribution in [2.45, 2.75) is 6.42 Å². The maximum Gasteiger partial charge on any atom is 0.245 e. The Balaban J connectivity index is 1.95. The molecule has 20 heavy (non-hydrogen) atoms. The molecule has 0 saturated carbocycles. The van der Waals surface area contributed by atoms with Crippen LogP contribution in [0.3, 0.4) is 0 Å². The molecule has 1 heterocycles. The number of phenolic OH excluding ortho intramolecular Hbond substituents is 1. The fourth-order valence-electron chi connectivity index (χ4n) is 1.59. The van der Waals surface area contributed by atoms with Gasteiger partial charge in [0.25, 0.3) is 0 Å². The molecule has 1 aromatic heterocycles. The van der Waals surface area contributed by atoms with Crippen LogP contribution in [0.2, 0.25) is 0 Å². The number of aromatic hydroxyl groups is 1. The summed E-state index contributed by atoms with van der Waals surface area (Å²) in [5, 5.41) is 15.6. The Morgan fingerprint density at radius 1 is 1.45 bits per heavy atom. The van der Waals surface area contributed by atoms with E-state index in [1.165, 1.54) is 24.7 Å². The number of para-hydroxylation sites is 1. The van der Waals surface area contributed by atoms with E-state index in [4.69, 9.17) is 4.74 Å². The molecule has 6 heteroatoms. The first-order chi connectivity index (χ1) is 9.70. The predicted octanol–water partition coefficient (Wildman–Crippen LogP) is 2.16. The number of thiophene rings is 1. The van der Waals surface area contributed by atoms with Crippen molar-refractivity contribution in [1.82, 2.24) is 5.43 Å². The topological polar surface area (TPSA) is 70.9 Å². The summed E-state index contributed by atoms with van der Waals surface area (Å²) in [7, 11) is 1.47. The quantitative estimate of drug-likeness (QED) is 0.655. The van der Waals surface area contributed by atoms with E-state index in [-0.39, 0.29) is 11.7 Å². The summed E-state index contributed by atoms with van der Waals surface area (Å²) in [6, 6.07) is 8.83. The van der Waals surface area contributed by atoms with Crippen molar-refractivity contribution in [3.8, 4) is 11.5 Å². The highest BCUT2D eigenvalue weighted by Gasteiger charge is 2.05. The Morgan fingerprint density at radius 3 is 3.00 bits per heavy atom. The zero-order valence-corrected chi connectivity index (χ0v) is 11.7. The first-order valence-electron chi connectivity index (χ1n) is 5.91. The van der Waals surface area contributed by atoms with Crippen LogP contribution in [0.5, 0.6) is 11.5 Å². The Bertz CT molecular complexity index is 609. The predicted molar refractivity (Wildman–Crippen MR) is 78.4 cm³/mol.